The second-order valence-electron chi connectivity index (χ2n) is 6.11. The van der Waals surface area contributed by atoms with Crippen LogP contribution >= 0.6 is 23.4 Å². The zero-order valence-corrected chi connectivity index (χ0v) is 18.0. The molecule has 12 heteroatoms. The highest BCUT2D eigenvalue weighted by Gasteiger charge is 2.16. The topological polar surface area (TPSA) is 156 Å². The summed E-state index contributed by atoms with van der Waals surface area (Å²) < 4.78 is 0. The monoisotopic (exact) mass is 477 g/mol. The van der Waals surface area contributed by atoms with Crippen molar-refractivity contribution in [2.75, 3.05) is 5.32 Å². The zero-order valence-electron chi connectivity index (χ0n) is 16.4. The van der Waals surface area contributed by atoms with Crippen molar-refractivity contribution >= 4 is 46.3 Å². The van der Waals surface area contributed by atoms with Gasteiger partial charge in [-0.15, -0.1) is 0 Å². The molecule has 0 radical (unpaired) electrons. The Morgan fingerprint density at radius 1 is 0.906 bits per heavy atom. The highest BCUT2D eigenvalue weighted by Crippen LogP contribution is 2.37. The third-order valence-electron chi connectivity index (χ3n) is 3.67. The van der Waals surface area contributed by atoms with Crippen LogP contribution < -0.4 is 5.32 Å². The first-order valence-electron chi connectivity index (χ1n) is 8.72. The molecule has 3 rings (SSSR count). The van der Waals surface area contributed by atoms with Crippen molar-refractivity contribution < 1.29 is 24.9 Å². The van der Waals surface area contributed by atoms with Crippen molar-refractivity contribution in [1.82, 2.24) is 0 Å². The minimum absolute atomic E-state index is 0.0211. The molecule has 0 heterocycles. The fraction of sp³-hybridized carbons (Fsp3) is 0.0500. The molecule has 32 heavy (non-hydrogen) atoms. The minimum Gasteiger partial charge on any atom is -0.508 e. The second-order valence-corrected chi connectivity index (χ2v) is 7.63. The molecule has 10 nitrogen and oxygen atoms in total. The first-order valence-corrected chi connectivity index (χ1v) is 9.92. The van der Waals surface area contributed by atoms with E-state index in [1.807, 2.05) is 0 Å². The Bertz CT molecular complexity index is 1160. The number of benzene rings is 3. The molecule has 3 aromatic carbocycles. The number of nitrogens with one attached hydrogen (secondary N) is 1. The van der Waals surface area contributed by atoms with Gasteiger partial charge in [0.15, 0.2) is 0 Å². The largest absolute Gasteiger partial charge is 0.508 e. The Morgan fingerprint density at radius 3 is 1.94 bits per heavy atom. The molecule has 166 valence electrons. The third-order valence-corrected chi connectivity index (χ3v) is 5.06. The van der Waals surface area contributed by atoms with Crippen molar-refractivity contribution in [1.29, 1.82) is 0 Å². The average Bonchev–Trinajstić information content (AvgIpc) is 2.72. The molecule has 0 unspecified atom stereocenters. The summed E-state index contributed by atoms with van der Waals surface area (Å²) in [4.78, 5) is 32.1. The molecule has 0 aromatic heterocycles. The number of carbonyl (C=O) groups excluding carboxylic acids is 1. The standard InChI is InChI=1S/C14H12N2O4S.C6H4ClNO3/c1-9(17)15-10-2-5-12(6-3-10)21-14-7-4-11(18)8-13(14)16(19)20;7-5-2-1-4(9)3-6(5)8(10)11/h2-8,18H,1H3,(H,15,17);1-3,9H. The Labute approximate surface area is 190 Å². The van der Waals surface area contributed by atoms with Gasteiger partial charge in [0.2, 0.25) is 5.91 Å². The maximum absolute atomic E-state index is 11.0. The number of nitrogens with zero attached hydrogens (tertiary/aromatic N) is 2. The molecule has 0 saturated carbocycles. The summed E-state index contributed by atoms with van der Waals surface area (Å²) in [7, 11) is 0. The van der Waals surface area contributed by atoms with E-state index in [1.54, 1.807) is 24.3 Å². The van der Waals surface area contributed by atoms with Gasteiger partial charge in [0.05, 0.1) is 26.9 Å². The number of hydrogen-bond acceptors (Lipinski definition) is 8. The molecule has 1 amide bonds. The van der Waals surface area contributed by atoms with Gasteiger partial charge in [0.25, 0.3) is 11.4 Å². The van der Waals surface area contributed by atoms with Crippen LogP contribution in [0.4, 0.5) is 17.1 Å². The van der Waals surface area contributed by atoms with Crippen LogP contribution in [-0.2, 0) is 4.79 Å². The van der Waals surface area contributed by atoms with Gasteiger partial charge in [-0.2, -0.15) is 0 Å². The quantitative estimate of drug-likeness (QED) is 0.327. The number of anilines is 1. The van der Waals surface area contributed by atoms with Gasteiger partial charge in [0, 0.05) is 17.5 Å². The van der Waals surface area contributed by atoms with Crippen LogP contribution in [-0.4, -0.2) is 26.0 Å². The minimum atomic E-state index is -0.651. The predicted molar refractivity (Wildman–Crippen MR) is 119 cm³/mol. The number of aromatic hydroxyl groups is 2. The van der Waals surface area contributed by atoms with E-state index in [1.165, 1.54) is 43.0 Å². The van der Waals surface area contributed by atoms with Crippen LogP contribution in [0.2, 0.25) is 5.02 Å². The lowest BCUT2D eigenvalue weighted by Gasteiger charge is -2.05. The number of hydrogen-bond donors (Lipinski definition) is 3. The molecule has 0 bridgehead atoms. The lowest BCUT2D eigenvalue weighted by molar-refractivity contribution is -0.387. The maximum Gasteiger partial charge on any atom is 0.291 e. The van der Waals surface area contributed by atoms with E-state index in [2.05, 4.69) is 5.32 Å². The maximum atomic E-state index is 11.0. The van der Waals surface area contributed by atoms with Crippen molar-refractivity contribution in [3.8, 4) is 11.5 Å². The lowest BCUT2D eigenvalue weighted by atomic mass is 10.3. The number of phenolic OH excluding ortho intramolecular Hbond substituents is 2. The first kappa shape index (κ1) is 24.4. The summed E-state index contributed by atoms with van der Waals surface area (Å²) in [5.74, 6) is -0.474. The van der Waals surface area contributed by atoms with E-state index in [-0.39, 0.29) is 33.8 Å². The van der Waals surface area contributed by atoms with Gasteiger partial charge in [-0.25, -0.2) is 0 Å². The molecule has 0 aliphatic heterocycles. The molecule has 0 saturated heterocycles. The average molecular weight is 478 g/mol. The van der Waals surface area contributed by atoms with E-state index in [9.17, 15) is 30.1 Å². The zero-order chi connectivity index (χ0) is 23.8. The van der Waals surface area contributed by atoms with E-state index >= 15 is 0 Å². The van der Waals surface area contributed by atoms with Crippen molar-refractivity contribution in [2.24, 2.45) is 0 Å². The highest BCUT2D eigenvalue weighted by molar-refractivity contribution is 7.99. The third kappa shape index (κ3) is 7.15. The molecule has 0 atom stereocenters. The Kier molecular flexibility index (Phi) is 8.38. The molecule has 0 aliphatic rings. The second kappa shape index (κ2) is 11.0. The number of nitro groups is 2. The summed E-state index contributed by atoms with van der Waals surface area (Å²) in [6.45, 7) is 1.42. The Hall–Kier alpha value is -3.83. The summed E-state index contributed by atoms with van der Waals surface area (Å²) in [6.07, 6.45) is 0. The van der Waals surface area contributed by atoms with Crippen molar-refractivity contribution in [3.05, 3.63) is 85.9 Å². The summed E-state index contributed by atoms with van der Waals surface area (Å²) >= 11 is 6.65. The van der Waals surface area contributed by atoms with E-state index in [4.69, 9.17) is 16.7 Å². The predicted octanol–water partition coefficient (Wildman–Crippen LogP) is 5.36. The Balaban J connectivity index is 0.000000278. The first-order chi connectivity index (χ1) is 15.1. The number of amides is 1. The molecule has 3 aromatic rings. The molecular weight excluding hydrogens is 462 g/mol. The van der Waals surface area contributed by atoms with Gasteiger partial charge in [-0.05, 0) is 48.5 Å². The summed E-state index contributed by atoms with van der Waals surface area (Å²) in [6, 6.07) is 14.5. The number of carbonyl (C=O) groups is 1. The molecule has 0 fully saturated rings. The molecule has 3 N–H and O–H groups in total. The molecular formula is C20H16ClN3O7S. The van der Waals surface area contributed by atoms with E-state index < -0.39 is 9.85 Å². The number of rotatable bonds is 5. The van der Waals surface area contributed by atoms with Gasteiger partial charge in [-0.1, -0.05) is 23.4 Å². The van der Waals surface area contributed by atoms with Crippen LogP contribution in [0.25, 0.3) is 0 Å². The highest BCUT2D eigenvalue weighted by atomic mass is 35.5. The van der Waals surface area contributed by atoms with Crippen molar-refractivity contribution in [2.45, 2.75) is 16.7 Å². The molecule has 0 spiro atoms. The van der Waals surface area contributed by atoms with E-state index in [0.29, 0.717) is 10.6 Å². The van der Waals surface area contributed by atoms with E-state index in [0.717, 1.165) is 17.0 Å². The SMILES string of the molecule is CC(=O)Nc1ccc(Sc2ccc(O)cc2[N+](=O)[O-])cc1.O=[N+]([O-])c1cc(O)ccc1Cl. The fourth-order valence-electron chi connectivity index (χ4n) is 2.31. The van der Waals surface area contributed by atoms with Gasteiger partial charge in [0.1, 0.15) is 16.5 Å². The lowest BCUT2D eigenvalue weighted by Crippen LogP contribution is -2.05. The summed E-state index contributed by atoms with van der Waals surface area (Å²) in [5, 5.41) is 42.0. The van der Waals surface area contributed by atoms with Gasteiger partial charge >= 0.3 is 0 Å². The van der Waals surface area contributed by atoms with Crippen LogP contribution in [0.1, 0.15) is 6.92 Å². The van der Waals surface area contributed by atoms with Crippen LogP contribution in [0.3, 0.4) is 0 Å². The van der Waals surface area contributed by atoms with Crippen LogP contribution in [0, 0.1) is 20.2 Å². The molecule has 0 aliphatic carbocycles. The van der Waals surface area contributed by atoms with Gasteiger partial charge < -0.3 is 15.5 Å². The number of phenols is 2. The smallest absolute Gasteiger partial charge is 0.291 e. The normalized spacial score (nSPS) is 9.94. The number of nitro benzene ring substituents is 2. The fourth-order valence-corrected chi connectivity index (χ4v) is 3.40. The summed E-state index contributed by atoms with van der Waals surface area (Å²) in [5.41, 5.74) is 0.227. The van der Waals surface area contributed by atoms with Crippen LogP contribution in [0.5, 0.6) is 11.5 Å². The Morgan fingerprint density at radius 2 is 1.44 bits per heavy atom. The van der Waals surface area contributed by atoms with Crippen molar-refractivity contribution in [3.63, 3.8) is 0 Å². The van der Waals surface area contributed by atoms with Crippen LogP contribution in [0.15, 0.2) is 70.5 Å². The van der Waals surface area contributed by atoms with Gasteiger partial charge in [-0.3, -0.25) is 25.0 Å². The number of halogens is 1.